The topological polar surface area (TPSA) is 112 Å². The highest BCUT2D eigenvalue weighted by molar-refractivity contribution is 5.79. The van der Waals surface area contributed by atoms with Crippen LogP contribution in [0, 0.1) is 13.8 Å². The molecule has 0 radical (unpaired) electrons. The molecule has 3 N–H and O–H groups in total. The van der Waals surface area contributed by atoms with Crippen LogP contribution in [0.2, 0.25) is 0 Å². The molecule has 0 aliphatic heterocycles. The van der Waals surface area contributed by atoms with E-state index in [1.54, 1.807) is 6.92 Å². The van der Waals surface area contributed by atoms with Crippen LogP contribution in [-0.4, -0.2) is 36.7 Å². The van der Waals surface area contributed by atoms with Gasteiger partial charge in [-0.3, -0.25) is 9.89 Å². The highest BCUT2D eigenvalue weighted by Gasteiger charge is 2.16. The fraction of sp³-hybridized carbons (Fsp3) is 0.500. The zero-order chi connectivity index (χ0) is 13.1. The molecule has 0 fully saturated rings. The third-order valence-corrected chi connectivity index (χ3v) is 2.74. The number of hydrogen-bond acceptors (Lipinski definition) is 5. The third-order valence-electron chi connectivity index (χ3n) is 2.74. The zero-order valence-electron chi connectivity index (χ0n) is 10.5. The summed E-state index contributed by atoms with van der Waals surface area (Å²) in [6.07, 6.45) is 0.288. The first-order valence-electron chi connectivity index (χ1n) is 5.61. The van der Waals surface area contributed by atoms with Crippen LogP contribution < -0.4 is 5.32 Å². The van der Waals surface area contributed by atoms with Crippen molar-refractivity contribution in [3.05, 3.63) is 22.8 Å². The molecule has 2 rings (SSSR count). The van der Waals surface area contributed by atoms with Crippen molar-refractivity contribution < 1.29 is 4.79 Å². The van der Waals surface area contributed by atoms with Gasteiger partial charge in [-0.2, -0.15) is 10.3 Å². The zero-order valence-corrected chi connectivity index (χ0v) is 10.5. The summed E-state index contributed by atoms with van der Waals surface area (Å²) < 4.78 is 0. The number of carbonyl (C=O) groups excluding carboxylic acids is 1. The molecule has 2 aromatic rings. The van der Waals surface area contributed by atoms with E-state index in [1.165, 1.54) is 0 Å². The summed E-state index contributed by atoms with van der Waals surface area (Å²) in [5.74, 6) is 0.365. The molecule has 0 aliphatic rings. The molecule has 2 aromatic heterocycles. The first-order valence-corrected chi connectivity index (χ1v) is 5.61. The van der Waals surface area contributed by atoms with E-state index in [0.29, 0.717) is 5.82 Å². The first kappa shape index (κ1) is 12.2. The Morgan fingerprint density at radius 1 is 1.39 bits per heavy atom. The summed E-state index contributed by atoms with van der Waals surface area (Å²) in [5, 5.41) is 23.2. The average Bonchev–Trinajstić information content (AvgIpc) is 2.94. The Kier molecular flexibility index (Phi) is 3.35. The second-order valence-corrected chi connectivity index (χ2v) is 4.15. The van der Waals surface area contributed by atoms with E-state index < -0.39 is 0 Å². The van der Waals surface area contributed by atoms with Crippen LogP contribution in [0.3, 0.4) is 0 Å². The van der Waals surface area contributed by atoms with Gasteiger partial charge in [-0.05, 0) is 20.8 Å². The van der Waals surface area contributed by atoms with E-state index in [9.17, 15) is 4.79 Å². The van der Waals surface area contributed by atoms with E-state index in [4.69, 9.17) is 0 Å². The number of nitrogens with one attached hydrogen (secondary N) is 3. The normalized spacial score (nSPS) is 12.4. The number of rotatable bonds is 4. The van der Waals surface area contributed by atoms with Crippen molar-refractivity contribution in [1.82, 2.24) is 36.1 Å². The van der Waals surface area contributed by atoms with Gasteiger partial charge in [0.05, 0.1) is 18.2 Å². The average molecular weight is 249 g/mol. The highest BCUT2D eigenvalue weighted by atomic mass is 16.1. The van der Waals surface area contributed by atoms with E-state index in [-0.39, 0.29) is 18.4 Å². The Morgan fingerprint density at radius 2 is 2.17 bits per heavy atom. The number of nitrogens with zero attached hydrogens (tertiary/aromatic N) is 4. The van der Waals surface area contributed by atoms with E-state index in [0.717, 1.165) is 17.0 Å². The molecule has 0 saturated carbocycles. The molecule has 18 heavy (non-hydrogen) atoms. The number of aryl methyl sites for hydroxylation is 2. The van der Waals surface area contributed by atoms with Crippen LogP contribution in [0.25, 0.3) is 0 Å². The lowest BCUT2D eigenvalue weighted by atomic mass is 10.1. The molecule has 8 heteroatoms. The monoisotopic (exact) mass is 249 g/mol. The standard InChI is InChI=1S/C10H15N7O/c1-5-8(6(2)13-12-5)4-9(18)11-7(3)10-14-16-17-15-10/h7H,4H2,1-3H3,(H,11,18)(H,12,13)(H,14,15,16,17). The fourth-order valence-electron chi connectivity index (χ4n) is 1.71. The molecule has 0 aromatic carbocycles. The number of aromatic nitrogens is 6. The number of aromatic amines is 2. The van der Waals surface area contributed by atoms with Crippen LogP contribution in [-0.2, 0) is 11.2 Å². The quantitative estimate of drug-likeness (QED) is 0.703. The summed E-state index contributed by atoms with van der Waals surface area (Å²) >= 11 is 0. The van der Waals surface area contributed by atoms with Gasteiger partial charge >= 0.3 is 0 Å². The van der Waals surface area contributed by atoms with Crippen molar-refractivity contribution >= 4 is 5.91 Å². The van der Waals surface area contributed by atoms with E-state index in [2.05, 4.69) is 36.1 Å². The second-order valence-electron chi connectivity index (χ2n) is 4.15. The lowest BCUT2D eigenvalue weighted by Crippen LogP contribution is -2.29. The maximum atomic E-state index is 11.9. The molecule has 0 spiro atoms. The van der Waals surface area contributed by atoms with Crippen molar-refractivity contribution in [1.29, 1.82) is 0 Å². The number of carbonyl (C=O) groups is 1. The highest BCUT2D eigenvalue weighted by Crippen LogP contribution is 2.11. The number of H-pyrrole nitrogens is 2. The van der Waals surface area contributed by atoms with Crippen molar-refractivity contribution in [3.63, 3.8) is 0 Å². The van der Waals surface area contributed by atoms with Gasteiger partial charge < -0.3 is 5.32 Å². The van der Waals surface area contributed by atoms with E-state index in [1.807, 2.05) is 13.8 Å². The lowest BCUT2D eigenvalue weighted by molar-refractivity contribution is -0.121. The largest absolute Gasteiger partial charge is 0.346 e. The van der Waals surface area contributed by atoms with Gasteiger partial charge in [0.1, 0.15) is 0 Å². The van der Waals surface area contributed by atoms with Crippen LogP contribution >= 0.6 is 0 Å². The van der Waals surface area contributed by atoms with Gasteiger partial charge in [0.2, 0.25) is 5.91 Å². The van der Waals surface area contributed by atoms with Crippen LogP contribution in [0.15, 0.2) is 0 Å². The van der Waals surface area contributed by atoms with Gasteiger partial charge in [-0.1, -0.05) is 5.21 Å². The van der Waals surface area contributed by atoms with Crippen LogP contribution in [0.5, 0.6) is 0 Å². The Balaban J connectivity index is 1.97. The van der Waals surface area contributed by atoms with Crippen molar-refractivity contribution in [3.8, 4) is 0 Å². The second kappa shape index (κ2) is 4.94. The van der Waals surface area contributed by atoms with Crippen molar-refractivity contribution in [2.45, 2.75) is 33.2 Å². The molecule has 1 atom stereocenters. The minimum Gasteiger partial charge on any atom is -0.346 e. The molecule has 1 unspecified atom stereocenters. The van der Waals surface area contributed by atoms with E-state index >= 15 is 0 Å². The Labute approximate surface area is 104 Å². The summed E-state index contributed by atoms with van der Waals surface area (Å²) in [6.45, 7) is 5.57. The molecule has 0 aliphatic carbocycles. The summed E-state index contributed by atoms with van der Waals surface area (Å²) in [5.41, 5.74) is 2.68. The minimum atomic E-state index is -0.274. The van der Waals surface area contributed by atoms with Crippen molar-refractivity contribution in [2.24, 2.45) is 0 Å². The smallest absolute Gasteiger partial charge is 0.225 e. The maximum Gasteiger partial charge on any atom is 0.225 e. The van der Waals surface area contributed by atoms with Crippen LogP contribution in [0.1, 0.15) is 35.7 Å². The minimum absolute atomic E-state index is 0.0973. The Bertz CT molecular complexity index is 511. The van der Waals surface area contributed by atoms with Gasteiger partial charge in [0, 0.05) is 11.3 Å². The van der Waals surface area contributed by atoms with Crippen molar-refractivity contribution in [2.75, 3.05) is 0 Å². The summed E-state index contributed by atoms with van der Waals surface area (Å²) in [4.78, 5) is 11.9. The molecule has 2 heterocycles. The third kappa shape index (κ3) is 2.53. The maximum absolute atomic E-state index is 11.9. The summed E-state index contributed by atoms with van der Waals surface area (Å²) in [7, 11) is 0. The molecule has 0 saturated heterocycles. The van der Waals surface area contributed by atoms with Gasteiger partial charge in [-0.25, -0.2) is 0 Å². The molecule has 96 valence electrons. The summed E-state index contributed by atoms with van der Waals surface area (Å²) in [6, 6.07) is -0.274. The predicted octanol–water partition coefficient (Wildman–Crippen LogP) is -0.0405. The Hall–Kier alpha value is -2.25. The Morgan fingerprint density at radius 3 is 2.72 bits per heavy atom. The number of amides is 1. The molecule has 1 amide bonds. The predicted molar refractivity (Wildman–Crippen MR) is 62.5 cm³/mol. The number of hydrogen-bond donors (Lipinski definition) is 3. The first-order chi connectivity index (χ1) is 8.58. The van der Waals surface area contributed by atoms with Gasteiger partial charge in [-0.15, -0.1) is 10.2 Å². The van der Waals surface area contributed by atoms with Gasteiger partial charge in [0.25, 0.3) is 0 Å². The fourth-order valence-corrected chi connectivity index (χ4v) is 1.71. The SMILES string of the molecule is Cc1n[nH]c(C)c1CC(=O)NC(C)c1nn[nH]n1. The molecule has 0 bridgehead atoms. The lowest BCUT2D eigenvalue weighted by Gasteiger charge is -2.09. The molecular formula is C10H15N7O. The molecule has 8 nitrogen and oxygen atoms in total. The number of tetrazole rings is 1. The molecular weight excluding hydrogens is 234 g/mol. The van der Waals surface area contributed by atoms with Crippen LogP contribution in [0.4, 0.5) is 0 Å². The van der Waals surface area contributed by atoms with Gasteiger partial charge in [0.15, 0.2) is 5.82 Å².